The second-order valence-electron chi connectivity index (χ2n) is 9.57. The van der Waals surface area contributed by atoms with Crippen LogP contribution in [0.5, 0.6) is 5.75 Å². The minimum Gasteiger partial charge on any atom is -0.507 e. The number of hydrogen-bond acceptors (Lipinski definition) is 7. The molecule has 1 N–H and O–H groups in total. The average molecular weight is 486 g/mol. The summed E-state index contributed by atoms with van der Waals surface area (Å²) in [5.74, 6) is 0.209. The molecule has 0 amide bonds. The molecule has 0 saturated heterocycles. The zero-order valence-electron chi connectivity index (χ0n) is 20.3. The van der Waals surface area contributed by atoms with Gasteiger partial charge in [-0.25, -0.2) is 4.57 Å². The predicted molar refractivity (Wildman–Crippen MR) is 128 cm³/mol. The number of benzene rings is 1. The molecule has 1 aromatic carbocycles. The number of aromatic hydroxyl groups is 1. The van der Waals surface area contributed by atoms with Crippen LogP contribution >= 0.6 is 15.2 Å². The van der Waals surface area contributed by atoms with Crippen molar-refractivity contribution in [2.45, 2.75) is 66.2 Å². The minimum atomic E-state index is -4.00. The van der Waals surface area contributed by atoms with Gasteiger partial charge in [-0.3, -0.25) is 9.09 Å². The van der Waals surface area contributed by atoms with Crippen molar-refractivity contribution in [2.24, 2.45) is 0 Å². The van der Waals surface area contributed by atoms with Crippen molar-refractivity contribution in [1.82, 2.24) is 0 Å². The summed E-state index contributed by atoms with van der Waals surface area (Å²) >= 11 is 0. The molecular weight excluding hydrogens is 450 g/mol. The third-order valence-electron chi connectivity index (χ3n) is 4.84. The lowest BCUT2D eigenvalue weighted by atomic mass is 9.78. The standard InChI is InChI=1S/C23H36O7P2/c1-9-27-31(25,28-10-2)20(32(26)29-12-11-13-30-32)16-17-14-18(22(3,4)5)21(24)19(15-17)23(6,7)8/h11-12,14-16,24H,9-10,13H2,1-8H3. The van der Waals surface area contributed by atoms with Crippen molar-refractivity contribution in [3.63, 3.8) is 0 Å². The highest BCUT2D eigenvalue weighted by molar-refractivity contribution is 7.79. The van der Waals surface area contributed by atoms with Crippen LogP contribution in [0.3, 0.4) is 0 Å². The van der Waals surface area contributed by atoms with Crippen LogP contribution in [-0.4, -0.2) is 24.9 Å². The van der Waals surface area contributed by atoms with E-state index in [1.165, 1.54) is 12.3 Å². The largest absolute Gasteiger partial charge is 0.507 e. The zero-order valence-corrected chi connectivity index (χ0v) is 22.1. The Hall–Kier alpha value is -1.36. The predicted octanol–water partition coefficient (Wildman–Crippen LogP) is 7.31. The number of phenolic OH excluding ortho intramolecular Hbond substituents is 1. The second kappa shape index (κ2) is 9.87. The number of phenols is 1. The first-order valence-corrected chi connectivity index (χ1v) is 13.8. The summed E-state index contributed by atoms with van der Waals surface area (Å²) in [4.78, 5) is 0. The molecule has 9 heteroatoms. The highest BCUT2D eigenvalue weighted by Crippen LogP contribution is 2.75. The van der Waals surface area contributed by atoms with Gasteiger partial charge in [-0.15, -0.1) is 0 Å². The first-order chi connectivity index (χ1) is 14.7. The second-order valence-corrected chi connectivity index (χ2v) is 13.9. The fraction of sp³-hybridized carbons (Fsp3) is 0.565. The first kappa shape index (κ1) is 26.9. The van der Waals surface area contributed by atoms with Crippen molar-refractivity contribution in [3.8, 4) is 5.75 Å². The lowest BCUT2D eigenvalue weighted by Crippen LogP contribution is -2.17. The monoisotopic (exact) mass is 486 g/mol. The molecule has 0 radical (unpaired) electrons. The zero-order chi connectivity index (χ0) is 24.4. The Morgan fingerprint density at radius 2 is 1.59 bits per heavy atom. The van der Waals surface area contributed by atoms with E-state index < -0.39 is 15.2 Å². The van der Waals surface area contributed by atoms with Gasteiger partial charge in [0.1, 0.15) is 5.75 Å². The summed E-state index contributed by atoms with van der Waals surface area (Å²) in [7, 11) is -8.00. The average Bonchev–Trinajstić information content (AvgIpc) is 2.66. The van der Waals surface area contributed by atoms with Crippen LogP contribution in [0.2, 0.25) is 0 Å². The maximum atomic E-state index is 13.7. The SMILES string of the molecule is CCOP(=O)(OCC)C(=Cc1cc(C(C)(C)C)c(O)c(C(C)(C)C)c1)P1(=O)OC=CCO1. The van der Waals surface area contributed by atoms with E-state index in [1.54, 1.807) is 32.1 Å². The van der Waals surface area contributed by atoms with Gasteiger partial charge in [0.05, 0.1) is 26.1 Å². The Morgan fingerprint density at radius 1 is 1.09 bits per heavy atom. The summed E-state index contributed by atoms with van der Waals surface area (Å²) in [5.41, 5.74) is 1.26. The molecule has 1 aliphatic rings. The highest BCUT2D eigenvalue weighted by atomic mass is 31.2. The molecule has 0 aromatic heterocycles. The van der Waals surface area contributed by atoms with Crippen LogP contribution in [0.4, 0.5) is 0 Å². The van der Waals surface area contributed by atoms with Crippen LogP contribution in [0, 0.1) is 0 Å². The molecular formula is C23H36O7P2. The summed E-state index contributed by atoms with van der Waals surface area (Å²) < 4.78 is 49.2. The lowest BCUT2D eigenvalue weighted by molar-refractivity contribution is 0.223. The molecule has 1 heterocycles. The van der Waals surface area contributed by atoms with Crippen LogP contribution in [-0.2, 0) is 38.1 Å². The normalized spacial score (nSPS) is 20.3. The van der Waals surface area contributed by atoms with E-state index in [4.69, 9.17) is 18.1 Å². The number of hydrogen-bond donors (Lipinski definition) is 1. The van der Waals surface area contributed by atoms with Gasteiger partial charge in [0, 0.05) is 11.1 Å². The van der Waals surface area contributed by atoms with Gasteiger partial charge in [0.25, 0.3) is 0 Å². The van der Waals surface area contributed by atoms with Crippen molar-refractivity contribution in [1.29, 1.82) is 0 Å². The molecule has 0 bridgehead atoms. The smallest absolute Gasteiger partial charge is 0.418 e. The van der Waals surface area contributed by atoms with E-state index in [2.05, 4.69) is 0 Å². The third kappa shape index (κ3) is 5.95. The molecule has 32 heavy (non-hydrogen) atoms. The summed E-state index contributed by atoms with van der Waals surface area (Å²) in [5, 5.41) is 10.8. The fourth-order valence-electron chi connectivity index (χ4n) is 3.30. The summed E-state index contributed by atoms with van der Waals surface area (Å²) in [6.07, 6.45) is 4.34. The maximum absolute atomic E-state index is 13.7. The Morgan fingerprint density at radius 3 is 1.97 bits per heavy atom. The summed E-state index contributed by atoms with van der Waals surface area (Å²) in [6.45, 7) is 15.5. The summed E-state index contributed by atoms with van der Waals surface area (Å²) in [6, 6.07) is 3.58. The van der Waals surface area contributed by atoms with Crippen molar-refractivity contribution in [3.05, 3.63) is 46.2 Å². The molecule has 0 fully saturated rings. The minimum absolute atomic E-state index is 0.0446. The van der Waals surface area contributed by atoms with Gasteiger partial charge in [-0.2, -0.15) is 0 Å². The van der Waals surface area contributed by atoms with E-state index in [1.807, 2.05) is 41.5 Å². The molecule has 7 nitrogen and oxygen atoms in total. The van der Waals surface area contributed by atoms with Gasteiger partial charge in [0.15, 0.2) is 5.06 Å². The van der Waals surface area contributed by atoms with Gasteiger partial charge < -0.3 is 18.7 Å². The Labute approximate surface area is 191 Å². The number of rotatable bonds is 7. The van der Waals surface area contributed by atoms with Gasteiger partial charge in [0.2, 0.25) is 0 Å². The van der Waals surface area contributed by atoms with Crippen molar-refractivity contribution in [2.75, 3.05) is 19.8 Å². The van der Waals surface area contributed by atoms with Crippen LogP contribution in [0.25, 0.3) is 6.08 Å². The Kier molecular flexibility index (Phi) is 8.29. The molecule has 1 aliphatic heterocycles. The topological polar surface area (TPSA) is 91.3 Å². The molecule has 0 spiro atoms. The molecule has 1 aromatic rings. The van der Waals surface area contributed by atoms with Crippen molar-refractivity contribution >= 4 is 21.3 Å². The quantitative estimate of drug-likeness (QED) is 0.404. The first-order valence-electron chi connectivity index (χ1n) is 10.8. The third-order valence-corrected chi connectivity index (χ3v) is 9.77. The molecule has 2 rings (SSSR count). The van der Waals surface area contributed by atoms with Crippen molar-refractivity contribution < 1.29 is 32.3 Å². The van der Waals surface area contributed by atoms with E-state index in [-0.39, 0.29) is 41.5 Å². The molecule has 1 unspecified atom stereocenters. The Balaban J connectivity index is 2.86. The van der Waals surface area contributed by atoms with E-state index >= 15 is 0 Å². The molecule has 0 saturated carbocycles. The van der Waals surface area contributed by atoms with Crippen LogP contribution in [0.15, 0.2) is 29.5 Å². The fourth-order valence-corrected chi connectivity index (χ4v) is 7.63. The van der Waals surface area contributed by atoms with Gasteiger partial charge >= 0.3 is 15.2 Å². The maximum Gasteiger partial charge on any atom is 0.418 e. The van der Waals surface area contributed by atoms with E-state index in [0.29, 0.717) is 16.7 Å². The molecule has 180 valence electrons. The molecule has 1 atom stereocenters. The van der Waals surface area contributed by atoms with Crippen LogP contribution in [0.1, 0.15) is 72.1 Å². The van der Waals surface area contributed by atoms with E-state index in [9.17, 15) is 14.2 Å². The lowest BCUT2D eigenvalue weighted by Gasteiger charge is -2.29. The van der Waals surface area contributed by atoms with Gasteiger partial charge in [-0.1, -0.05) is 41.5 Å². The highest BCUT2D eigenvalue weighted by Gasteiger charge is 2.47. The van der Waals surface area contributed by atoms with Gasteiger partial charge in [-0.05, 0) is 54.5 Å². The molecule has 0 aliphatic carbocycles. The van der Waals surface area contributed by atoms with E-state index in [0.717, 1.165) is 0 Å². The van der Waals surface area contributed by atoms with Crippen LogP contribution < -0.4 is 0 Å². The Bertz CT molecular complexity index is 936.